The summed E-state index contributed by atoms with van der Waals surface area (Å²) in [7, 11) is -1.40. The van der Waals surface area contributed by atoms with Gasteiger partial charge in [0, 0.05) is 16.2 Å². The maximum atomic E-state index is 11.7. The third-order valence-corrected chi connectivity index (χ3v) is 3.41. The van der Waals surface area contributed by atoms with E-state index in [9.17, 15) is 4.21 Å². The van der Waals surface area contributed by atoms with Gasteiger partial charge in [0.1, 0.15) is 11.2 Å². The normalized spacial score (nSPS) is 11.8. The van der Waals surface area contributed by atoms with Crippen LogP contribution in [0.4, 0.5) is 0 Å². The van der Waals surface area contributed by atoms with Gasteiger partial charge in [-0.15, -0.1) is 0 Å². The Kier molecular flexibility index (Phi) is 2.69. The molecule has 0 heterocycles. The van der Waals surface area contributed by atoms with Crippen LogP contribution in [0.1, 0.15) is 0 Å². The Bertz CT molecular complexity index is 395. The van der Waals surface area contributed by atoms with Crippen LogP contribution < -0.4 is 4.74 Å². The Morgan fingerprint density at radius 2 is 2.08 bits per heavy atom. The topological polar surface area (TPSA) is 50.1 Å². The van der Waals surface area contributed by atoms with Crippen LogP contribution in [0.3, 0.4) is 0 Å². The quantitative estimate of drug-likeness (QED) is 0.572. The molecule has 0 fully saturated rings. The zero-order chi connectivity index (χ0) is 9.90. The average molecular weight is 197 g/mol. The highest BCUT2D eigenvalue weighted by atomic mass is 32.2. The highest BCUT2D eigenvalue weighted by Gasteiger charge is 2.14. The van der Waals surface area contributed by atoms with Crippen molar-refractivity contribution in [1.82, 2.24) is 0 Å². The SMILES string of the molecule is COc1ccccc1[SH](C)(=O)C#N. The Morgan fingerprint density at radius 3 is 2.62 bits per heavy atom. The molecule has 0 atom stereocenters. The third-order valence-electron chi connectivity index (χ3n) is 1.74. The number of methoxy groups -OCH3 is 1. The molecule has 1 aromatic rings. The molecule has 3 nitrogen and oxygen atoms in total. The minimum absolute atomic E-state index is 0.486. The molecule has 0 radical (unpaired) electrons. The fourth-order valence-electron chi connectivity index (χ4n) is 1.04. The summed E-state index contributed by atoms with van der Waals surface area (Å²) in [4.78, 5) is 0.486. The molecule has 0 aliphatic carbocycles. The van der Waals surface area contributed by atoms with Crippen molar-refractivity contribution in [2.24, 2.45) is 0 Å². The van der Waals surface area contributed by atoms with Crippen molar-refractivity contribution in [3.8, 4) is 11.2 Å². The van der Waals surface area contributed by atoms with Crippen molar-refractivity contribution in [3.05, 3.63) is 24.3 Å². The summed E-state index contributed by atoms with van der Waals surface area (Å²) in [5, 5.41) is 10.5. The highest BCUT2D eigenvalue weighted by molar-refractivity contribution is 8.06. The zero-order valence-electron chi connectivity index (χ0n) is 7.52. The molecule has 0 aliphatic heterocycles. The minimum Gasteiger partial charge on any atom is -0.496 e. The predicted molar refractivity (Wildman–Crippen MR) is 52.3 cm³/mol. The summed E-state index contributed by atoms with van der Waals surface area (Å²) >= 11 is 0. The first kappa shape index (κ1) is 9.75. The van der Waals surface area contributed by atoms with Gasteiger partial charge in [0.2, 0.25) is 0 Å². The lowest BCUT2D eigenvalue weighted by Crippen LogP contribution is -2.07. The maximum absolute atomic E-state index is 11.7. The van der Waals surface area contributed by atoms with Crippen LogP contribution in [0.25, 0.3) is 0 Å². The molecular formula is C9H11NO2S. The van der Waals surface area contributed by atoms with E-state index in [2.05, 4.69) is 0 Å². The number of thiol groups is 1. The molecule has 13 heavy (non-hydrogen) atoms. The fraction of sp³-hybridized carbons (Fsp3) is 0.222. The molecule has 0 amide bonds. The second kappa shape index (κ2) is 3.58. The van der Waals surface area contributed by atoms with E-state index in [1.165, 1.54) is 13.4 Å². The van der Waals surface area contributed by atoms with Gasteiger partial charge in [0.05, 0.1) is 12.0 Å². The van der Waals surface area contributed by atoms with E-state index in [1.807, 2.05) is 5.40 Å². The first-order valence-electron chi connectivity index (χ1n) is 3.74. The lowest BCUT2D eigenvalue weighted by atomic mass is 10.3. The van der Waals surface area contributed by atoms with E-state index in [0.29, 0.717) is 10.6 Å². The summed E-state index contributed by atoms with van der Waals surface area (Å²) < 4.78 is 16.7. The van der Waals surface area contributed by atoms with Gasteiger partial charge in [0.25, 0.3) is 0 Å². The Hall–Kier alpha value is -1.34. The first-order valence-corrected chi connectivity index (χ1v) is 5.89. The molecule has 0 aliphatic rings. The van der Waals surface area contributed by atoms with E-state index in [-0.39, 0.29) is 0 Å². The van der Waals surface area contributed by atoms with Crippen LogP contribution >= 0.6 is 0 Å². The van der Waals surface area contributed by atoms with Gasteiger partial charge in [0.15, 0.2) is 0 Å². The second-order valence-electron chi connectivity index (χ2n) is 2.70. The smallest absolute Gasteiger partial charge is 0.143 e. The number of thiocyanates is 1. The Balaban J connectivity index is 3.31. The summed E-state index contributed by atoms with van der Waals surface area (Å²) in [6.07, 6.45) is 1.44. The van der Waals surface area contributed by atoms with Crippen LogP contribution in [0, 0.1) is 10.7 Å². The van der Waals surface area contributed by atoms with Gasteiger partial charge in [-0.1, -0.05) is 12.1 Å². The lowest BCUT2D eigenvalue weighted by Gasteiger charge is -2.13. The molecular weight excluding hydrogens is 186 g/mol. The van der Waals surface area contributed by atoms with Crippen molar-refractivity contribution < 1.29 is 8.95 Å². The minimum atomic E-state index is -2.90. The molecule has 4 heteroatoms. The van der Waals surface area contributed by atoms with Gasteiger partial charge in [-0.05, 0) is 12.1 Å². The Morgan fingerprint density at radius 1 is 1.46 bits per heavy atom. The van der Waals surface area contributed by atoms with E-state index in [4.69, 9.17) is 10.00 Å². The van der Waals surface area contributed by atoms with Gasteiger partial charge in [-0.2, -0.15) is 5.26 Å². The molecule has 0 aromatic heterocycles. The van der Waals surface area contributed by atoms with E-state index in [1.54, 1.807) is 24.3 Å². The maximum Gasteiger partial charge on any atom is 0.143 e. The molecule has 0 unspecified atom stereocenters. The molecule has 70 valence electrons. The van der Waals surface area contributed by atoms with Gasteiger partial charge >= 0.3 is 0 Å². The molecule has 0 N–H and O–H groups in total. The van der Waals surface area contributed by atoms with Crippen molar-refractivity contribution in [3.63, 3.8) is 0 Å². The van der Waals surface area contributed by atoms with E-state index < -0.39 is 9.93 Å². The standard InChI is InChI=1S/C9H11NO2S/c1-12-8-5-3-4-6-9(8)13(2,11)7-10/h3-6,13H,1-2H3. The fourth-order valence-corrected chi connectivity index (χ4v) is 2.10. The summed E-state index contributed by atoms with van der Waals surface area (Å²) in [5.74, 6) is 0.509. The number of benzene rings is 1. The molecule has 0 spiro atoms. The molecule has 0 saturated heterocycles. The third kappa shape index (κ3) is 1.87. The number of para-hydroxylation sites is 1. The number of hydrogen-bond donors (Lipinski definition) is 1. The number of ether oxygens (including phenoxy) is 1. The lowest BCUT2D eigenvalue weighted by molar-refractivity contribution is 0.404. The average Bonchev–Trinajstić information content (AvgIpc) is 2.18. The van der Waals surface area contributed by atoms with Gasteiger partial charge in [-0.3, -0.25) is 4.21 Å². The molecule has 0 saturated carbocycles. The van der Waals surface area contributed by atoms with Gasteiger partial charge in [-0.25, -0.2) is 0 Å². The summed E-state index contributed by atoms with van der Waals surface area (Å²) in [5.41, 5.74) is 0. The largest absolute Gasteiger partial charge is 0.496 e. The van der Waals surface area contributed by atoms with Crippen LogP contribution in [0.15, 0.2) is 29.2 Å². The molecule has 1 rings (SSSR count). The van der Waals surface area contributed by atoms with Crippen molar-refractivity contribution in [2.75, 3.05) is 13.4 Å². The van der Waals surface area contributed by atoms with Crippen LogP contribution in [-0.2, 0) is 9.93 Å². The monoisotopic (exact) mass is 197 g/mol. The van der Waals surface area contributed by atoms with Crippen LogP contribution in [-0.4, -0.2) is 17.6 Å². The number of hydrogen-bond acceptors (Lipinski definition) is 3. The second-order valence-corrected chi connectivity index (χ2v) is 5.23. The number of rotatable bonds is 2. The molecule has 1 aromatic carbocycles. The highest BCUT2D eigenvalue weighted by Crippen LogP contribution is 2.26. The summed E-state index contributed by atoms with van der Waals surface area (Å²) in [6.45, 7) is 0. The van der Waals surface area contributed by atoms with Crippen molar-refractivity contribution in [2.45, 2.75) is 4.90 Å². The van der Waals surface area contributed by atoms with Gasteiger partial charge < -0.3 is 4.74 Å². The zero-order valence-corrected chi connectivity index (χ0v) is 8.41. The molecule has 0 bridgehead atoms. The van der Waals surface area contributed by atoms with E-state index in [0.717, 1.165) is 0 Å². The number of nitriles is 1. The predicted octanol–water partition coefficient (Wildman–Crippen LogP) is 1.18. The van der Waals surface area contributed by atoms with Crippen molar-refractivity contribution in [1.29, 1.82) is 5.26 Å². The number of nitrogens with zero attached hydrogens (tertiary/aromatic N) is 1. The first-order chi connectivity index (χ1) is 6.11. The van der Waals surface area contributed by atoms with E-state index >= 15 is 0 Å². The van der Waals surface area contributed by atoms with Crippen molar-refractivity contribution >= 4 is 9.93 Å². The Labute approximate surface area is 78.4 Å². The van der Waals surface area contributed by atoms with Crippen LogP contribution in [0.5, 0.6) is 5.75 Å². The summed E-state index contributed by atoms with van der Waals surface area (Å²) in [6, 6.07) is 6.87. The van der Waals surface area contributed by atoms with Crippen LogP contribution in [0.2, 0.25) is 0 Å².